The van der Waals surface area contributed by atoms with Crippen LogP contribution in [0.4, 0.5) is 0 Å². The minimum Gasteiger partial charge on any atom is -0.497 e. The fraction of sp³-hybridized carbons (Fsp3) is 0.238. The zero-order valence-electron chi connectivity index (χ0n) is 13.7. The van der Waals surface area contributed by atoms with Gasteiger partial charge in [0.15, 0.2) is 0 Å². The Balaban J connectivity index is 2.20. The molecular formula is C21H22O. The molecule has 2 aromatic carbocycles. The van der Waals surface area contributed by atoms with Gasteiger partial charge in [0.1, 0.15) is 5.75 Å². The predicted octanol–water partition coefficient (Wildman–Crippen LogP) is 5.59. The van der Waals surface area contributed by atoms with Gasteiger partial charge in [0.25, 0.3) is 0 Å². The van der Waals surface area contributed by atoms with E-state index < -0.39 is 0 Å². The molecule has 0 unspecified atom stereocenters. The van der Waals surface area contributed by atoms with Crippen molar-refractivity contribution < 1.29 is 4.74 Å². The summed E-state index contributed by atoms with van der Waals surface area (Å²) >= 11 is 0. The van der Waals surface area contributed by atoms with E-state index in [1.807, 2.05) is 12.1 Å². The minimum atomic E-state index is 0.0316. The van der Waals surface area contributed by atoms with E-state index in [2.05, 4.69) is 69.3 Å². The largest absolute Gasteiger partial charge is 0.497 e. The van der Waals surface area contributed by atoms with E-state index in [9.17, 15) is 0 Å². The molecule has 0 atom stereocenters. The zero-order chi connectivity index (χ0) is 15.7. The molecule has 0 N–H and O–H groups in total. The lowest BCUT2D eigenvalue weighted by molar-refractivity contribution is 0.414. The van der Waals surface area contributed by atoms with Gasteiger partial charge in [-0.05, 0) is 46.9 Å². The summed E-state index contributed by atoms with van der Waals surface area (Å²) in [6, 6.07) is 19.0. The third kappa shape index (κ3) is 2.48. The number of hydrogen-bond donors (Lipinski definition) is 0. The number of rotatable bonds is 3. The lowest BCUT2D eigenvalue weighted by Gasteiger charge is -2.23. The molecule has 0 saturated heterocycles. The summed E-state index contributed by atoms with van der Waals surface area (Å²) in [4.78, 5) is 0. The van der Waals surface area contributed by atoms with E-state index in [0.717, 1.165) is 5.75 Å². The molecule has 0 bridgehead atoms. The second-order valence-corrected chi connectivity index (χ2v) is 6.39. The summed E-state index contributed by atoms with van der Waals surface area (Å²) in [6.07, 6.45) is 2.37. The van der Waals surface area contributed by atoms with Gasteiger partial charge in [0.05, 0.1) is 7.11 Å². The van der Waals surface area contributed by atoms with Crippen molar-refractivity contribution in [3.05, 3.63) is 77.4 Å². The van der Waals surface area contributed by atoms with Gasteiger partial charge in [-0.15, -0.1) is 0 Å². The maximum atomic E-state index is 5.29. The first-order valence-electron chi connectivity index (χ1n) is 7.67. The molecule has 3 rings (SSSR count). The third-order valence-corrected chi connectivity index (χ3v) is 4.31. The van der Waals surface area contributed by atoms with E-state index in [4.69, 9.17) is 4.74 Å². The van der Waals surface area contributed by atoms with Gasteiger partial charge in [-0.2, -0.15) is 0 Å². The smallest absolute Gasteiger partial charge is 0.118 e. The number of allylic oxidation sites excluding steroid dienone is 4. The molecule has 0 fully saturated rings. The molecule has 2 aromatic rings. The molecule has 1 aliphatic carbocycles. The molecule has 0 radical (unpaired) electrons. The van der Waals surface area contributed by atoms with Crippen LogP contribution in [0.2, 0.25) is 0 Å². The normalized spacial score (nSPS) is 16.6. The van der Waals surface area contributed by atoms with Gasteiger partial charge in [0, 0.05) is 5.41 Å². The van der Waals surface area contributed by atoms with Crippen LogP contribution in [0, 0.1) is 5.41 Å². The highest BCUT2D eigenvalue weighted by molar-refractivity contribution is 6.03. The second-order valence-electron chi connectivity index (χ2n) is 6.39. The van der Waals surface area contributed by atoms with Crippen molar-refractivity contribution in [2.24, 2.45) is 5.41 Å². The predicted molar refractivity (Wildman–Crippen MR) is 93.8 cm³/mol. The van der Waals surface area contributed by atoms with Gasteiger partial charge in [-0.25, -0.2) is 0 Å². The van der Waals surface area contributed by atoms with Crippen LogP contribution in [0.15, 0.2) is 66.2 Å². The molecule has 0 saturated carbocycles. The molecule has 0 spiro atoms. The fourth-order valence-electron chi connectivity index (χ4n) is 3.46. The Bertz CT molecular complexity index is 731. The molecule has 1 heteroatoms. The Kier molecular flexibility index (Phi) is 3.66. The maximum absolute atomic E-state index is 5.29. The van der Waals surface area contributed by atoms with Crippen LogP contribution in [0.5, 0.6) is 5.75 Å². The maximum Gasteiger partial charge on any atom is 0.118 e. The summed E-state index contributed by atoms with van der Waals surface area (Å²) in [5.74, 6) is 0.895. The van der Waals surface area contributed by atoms with Crippen molar-refractivity contribution in [2.45, 2.75) is 20.8 Å². The number of ether oxygens (including phenoxy) is 1. The lowest BCUT2D eigenvalue weighted by atomic mass is 9.81. The van der Waals surface area contributed by atoms with Gasteiger partial charge in [-0.1, -0.05) is 62.4 Å². The highest BCUT2D eigenvalue weighted by atomic mass is 16.5. The van der Waals surface area contributed by atoms with E-state index in [-0.39, 0.29) is 5.41 Å². The van der Waals surface area contributed by atoms with Gasteiger partial charge in [-0.3, -0.25) is 0 Å². The van der Waals surface area contributed by atoms with E-state index >= 15 is 0 Å². The van der Waals surface area contributed by atoms with E-state index in [1.165, 1.54) is 27.8 Å². The zero-order valence-corrected chi connectivity index (χ0v) is 13.7. The molecule has 1 aliphatic rings. The SMILES string of the molecule is COc1ccc(C2=C(c3ccccc3)C(C)=CC2(C)C)cc1. The number of hydrogen-bond acceptors (Lipinski definition) is 1. The van der Waals surface area contributed by atoms with E-state index in [1.54, 1.807) is 7.11 Å². The van der Waals surface area contributed by atoms with Crippen molar-refractivity contribution in [1.29, 1.82) is 0 Å². The molecule has 0 aliphatic heterocycles. The average molecular weight is 290 g/mol. The Morgan fingerprint density at radius 2 is 1.45 bits per heavy atom. The summed E-state index contributed by atoms with van der Waals surface area (Å²) in [7, 11) is 1.70. The van der Waals surface area contributed by atoms with Gasteiger partial charge in [0.2, 0.25) is 0 Å². The minimum absolute atomic E-state index is 0.0316. The Morgan fingerprint density at radius 1 is 0.818 bits per heavy atom. The average Bonchev–Trinajstić information content (AvgIpc) is 2.77. The Morgan fingerprint density at radius 3 is 2.05 bits per heavy atom. The third-order valence-electron chi connectivity index (χ3n) is 4.31. The van der Waals surface area contributed by atoms with E-state index in [0.29, 0.717) is 0 Å². The van der Waals surface area contributed by atoms with Crippen LogP contribution in [0.3, 0.4) is 0 Å². The highest BCUT2D eigenvalue weighted by Crippen LogP contribution is 2.50. The molecular weight excluding hydrogens is 268 g/mol. The molecule has 0 heterocycles. The summed E-state index contributed by atoms with van der Waals surface area (Å²) in [5.41, 5.74) is 6.67. The van der Waals surface area contributed by atoms with Gasteiger partial charge < -0.3 is 4.74 Å². The first kappa shape index (κ1) is 14.6. The van der Waals surface area contributed by atoms with Crippen LogP contribution in [-0.2, 0) is 0 Å². The molecule has 112 valence electrons. The van der Waals surface area contributed by atoms with Crippen LogP contribution in [0.25, 0.3) is 11.1 Å². The molecule has 1 nitrogen and oxygen atoms in total. The molecule has 0 amide bonds. The monoisotopic (exact) mass is 290 g/mol. The van der Waals surface area contributed by atoms with Crippen molar-refractivity contribution in [3.63, 3.8) is 0 Å². The van der Waals surface area contributed by atoms with Crippen molar-refractivity contribution in [3.8, 4) is 5.75 Å². The number of benzene rings is 2. The van der Waals surface area contributed by atoms with Crippen LogP contribution in [0.1, 0.15) is 31.9 Å². The topological polar surface area (TPSA) is 9.23 Å². The summed E-state index contributed by atoms with van der Waals surface area (Å²) < 4.78 is 5.29. The summed E-state index contributed by atoms with van der Waals surface area (Å²) in [6.45, 7) is 6.78. The standard InChI is InChI=1S/C21H22O/c1-15-14-21(2,3)20(17-10-12-18(22-4)13-11-17)19(15)16-8-6-5-7-9-16/h5-14H,1-4H3. The lowest BCUT2D eigenvalue weighted by Crippen LogP contribution is -2.08. The van der Waals surface area contributed by atoms with Crippen LogP contribution >= 0.6 is 0 Å². The molecule has 22 heavy (non-hydrogen) atoms. The van der Waals surface area contributed by atoms with Crippen LogP contribution < -0.4 is 4.74 Å². The van der Waals surface area contributed by atoms with Gasteiger partial charge >= 0.3 is 0 Å². The Hall–Kier alpha value is -2.28. The first-order valence-corrected chi connectivity index (χ1v) is 7.67. The Labute approximate surface area is 133 Å². The summed E-state index contributed by atoms with van der Waals surface area (Å²) in [5, 5.41) is 0. The molecule has 0 aromatic heterocycles. The van der Waals surface area contributed by atoms with Crippen molar-refractivity contribution >= 4 is 11.1 Å². The second kappa shape index (κ2) is 5.49. The van der Waals surface area contributed by atoms with Crippen molar-refractivity contribution in [1.82, 2.24) is 0 Å². The number of methoxy groups -OCH3 is 1. The highest BCUT2D eigenvalue weighted by Gasteiger charge is 2.32. The first-order chi connectivity index (χ1) is 10.5. The van der Waals surface area contributed by atoms with Crippen LogP contribution in [-0.4, -0.2) is 7.11 Å². The quantitative estimate of drug-likeness (QED) is 0.715. The fourth-order valence-corrected chi connectivity index (χ4v) is 3.46. The van der Waals surface area contributed by atoms with Crippen molar-refractivity contribution in [2.75, 3.05) is 7.11 Å².